The molecule has 0 radical (unpaired) electrons. The number of imidazole rings is 1. The third-order valence-corrected chi connectivity index (χ3v) is 2.45. The first-order valence-electron chi connectivity index (χ1n) is 5.58. The molecule has 0 aliphatic rings. The van der Waals surface area contributed by atoms with Gasteiger partial charge in [0.25, 0.3) is 0 Å². The van der Waals surface area contributed by atoms with Gasteiger partial charge in [0.15, 0.2) is 0 Å². The van der Waals surface area contributed by atoms with Crippen molar-refractivity contribution >= 4 is 0 Å². The van der Waals surface area contributed by atoms with Crippen LogP contribution in [0.15, 0.2) is 12.4 Å². The van der Waals surface area contributed by atoms with E-state index in [0.29, 0.717) is 6.61 Å². The van der Waals surface area contributed by atoms with E-state index < -0.39 is 0 Å². The molecule has 0 bridgehead atoms. The molecule has 2 unspecified atom stereocenters. The number of aromatic nitrogens is 2. The lowest BCUT2D eigenvalue weighted by atomic mass is 10.2. The molecule has 1 aromatic heterocycles. The highest BCUT2D eigenvalue weighted by Gasteiger charge is 2.19. The van der Waals surface area contributed by atoms with Crippen LogP contribution >= 0.6 is 0 Å². The first-order valence-corrected chi connectivity index (χ1v) is 5.58. The van der Waals surface area contributed by atoms with Gasteiger partial charge in [-0.1, -0.05) is 6.92 Å². The van der Waals surface area contributed by atoms with E-state index in [1.165, 1.54) is 0 Å². The van der Waals surface area contributed by atoms with E-state index in [1.54, 1.807) is 6.20 Å². The van der Waals surface area contributed by atoms with Crippen molar-refractivity contribution in [3.05, 3.63) is 18.2 Å². The summed E-state index contributed by atoms with van der Waals surface area (Å²) in [6.45, 7) is 7.74. The van der Waals surface area contributed by atoms with Crippen LogP contribution in [-0.2, 0) is 11.3 Å². The number of hydrogen-bond acceptors (Lipinski definition) is 3. The minimum atomic E-state index is -0.147. The molecule has 2 atom stereocenters. The van der Waals surface area contributed by atoms with E-state index in [-0.39, 0.29) is 12.1 Å². The largest absolute Gasteiger partial charge is 0.377 e. The SMILES string of the molecule is CCCn1ccnc1C(N)C(C)OCC. The topological polar surface area (TPSA) is 53.1 Å². The maximum atomic E-state index is 6.09. The van der Waals surface area contributed by atoms with Gasteiger partial charge in [-0.3, -0.25) is 0 Å². The van der Waals surface area contributed by atoms with Gasteiger partial charge in [-0.25, -0.2) is 4.98 Å². The van der Waals surface area contributed by atoms with E-state index in [2.05, 4.69) is 16.5 Å². The highest BCUT2D eigenvalue weighted by atomic mass is 16.5. The minimum absolute atomic E-state index is 0.00741. The van der Waals surface area contributed by atoms with E-state index >= 15 is 0 Å². The van der Waals surface area contributed by atoms with Gasteiger partial charge < -0.3 is 15.0 Å². The Labute approximate surface area is 91.4 Å². The van der Waals surface area contributed by atoms with Crippen LogP contribution in [0.4, 0.5) is 0 Å². The maximum absolute atomic E-state index is 6.09. The third kappa shape index (κ3) is 3.04. The Balaban J connectivity index is 2.71. The Morgan fingerprint density at radius 2 is 2.27 bits per heavy atom. The molecule has 0 amide bonds. The first kappa shape index (κ1) is 12.2. The van der Waals surface area contributed by atoms with Crippen LogP contribution in [-0.4, -0.2) is 22.3 Å². The van der Waals surface area contributed by atoms with E-state index in [4.69, 9.17) is 10.5 Å². The number of hydrogen-bond donors (Lipinski definition) is 1. The van der Waals surface area contributed by atoms with Crippen molar-refractivity contribution in [1.82, 2.24) is 9.55 Å². The molecule has 0 saturated carbocycles. The fourth-order valence-corrected chi connectivity index (χ4v) is 1.62. The summed E-state index contributed by atoms with van der Waals surface area (Å²) in [5.41, 5.74) is 6.09. The highest BCUT2D eigenvalue weighted by molar-refractivity contribution is 5.00. The predicted octanol–water partition coefficient (Wildman–Crippen LogP) is 1.72. The molecule has 4 heteroatoms. The molecule has 0 spiro atoms. The highest BCUT2D eigenvalue weighted by Crippen LogP contribution is 2.15. The number of rotatable bonds is 6. The van der Waals surface area contributed by atoms with E-state index in [9.17, 15) is 0 Å². The lowest BCUT2D eigenvalue weighted by Crippen LogP contribution is -2.29. The van der Waals surface area contributed by atoms with Crippen molar-refractivity contribution in [2.75, 3.05) is 6.61 Å². The molecule has 1 heterocycles. The fourth-order valence-electron chi connectivity index (χ4n) is 1.62. The summed E-state index contributed by atoms with van der Waals surface area (Å²) < 4.78 is 7.58. The molecular formula is C11H21N3O. The van der Waals surface area contributed by atoms with Gasteiger partial charge in [-0.15, -0.1) is 0 Å². The second-order valence-corrected chi connectivity index (χ2v) is 3.67. The zero-order valence-electron chi connectivity index (χ0n) is 9.81. The van der Waals surface area contributed by atoms with Crippen molar-refractivity contribution in [1.29, 1.82) is 0 Å². The number of nitrogens with zero attached hydrogens (tertiary/aromatic N) is 2. The summed E-state index contributed by atoms with van der Waals surface area (Å²) in [5.74, 6) is 0.915. The normalized spacial score (nSPS) is 15.2. The fraction of sp³-hybridized carbons (Fsp3) is 0.727. The van der Waals surface area contributed by atoms with Crippen molar-refractivity contribution in [2.24, 2.45) is 5.73 Å². The number of nitrogens with two attached hydrogens (primary N) is 1. The lowest BCUT2D eigenvalue weighted by molar-refractivity contribution is 0.0545. The molecule has 0 aliphatic heterocycles. The van der Waals surface area contributed by atoms with Gasteiger partial charge in [0.2, 0.25) is 0 Å². The standard InChI is InChI=1S/C11H21N3O/c1-4-7-14-8-6-13-11(14)10(12)9(3)15-5-2/h6,8-10H,4-5,7,12H2,1-3H3. The van der Waals surface area contributed by atoms with Crippen LogP contribution in [0.25, 0.3) is 0 Å². The smallest absolute Gasteiger partial charge is 0.128 e. The molecule has 15 heavy (non-hydrogen) atoms. The Morgan fingerprint density at radius 1 is 1.53 bits per heavy atom. The summed E-state index contributed by atoms with van der Waals surface area (Å²) in [7, 11) is 0. The molecule has 1 rings (SSSR count). The van der Waals surface area contributed by atoms with Gasteiger partial charge in [-0.2, -0.15) is 0 Å². The third-order valence-electron chi connectivity index (χ3n) is 2.45. The van der Waals surface area contributed by atoms with Crippen LogP contribution in [0.5, 0.6) is 0 Å². The molecule has 0 saturated heterocycles. The molecule has 0 aliphatic carbocycles. The summed E-state index contributed by atoms with van der Waals surface area (Å²) >= 11 is 0. The Hall–Kier alpha value is -0.870. The van der Waals surface area contributed by atoms with Crippen LogP contribution in [0.3, 0.4) is 0 Å². The van der Waals surface area contributed by atoms with Gasteiger partial charge in [0.1, 0.15) is 5.82 Å². The molecular weight excluding hydrogens is 190 g/mol. The first-order chi connectivity index (χ1) is 7.20. The minimum Gasteiger partial charge on any atom is -0.377 e. The molecule has 1 aromatic rings. The van der Waals surface area contributed by atoms with Crippen molar-refractivity contribution in [3.63, 3.8) is 0 Å². The van der Waals surface area contributed by atoms with Gasteiger partial charge >= 0.3 is 0 Å². The van der Waals surface area contributed by atoms with Crippen LogP contribution in [0.1, 0.15) is 39.1 Å². The Kier molecular flexibility index (Phi) is 4.78. The summed E-state index contributed by atoms with van der Waals surface area (Å²) in [6, 6.07) is -0.147. The Morgan fingerprint density at radius 3 is 2.87 bits per heavy atom. The monoisotopic (exact) mass is 211 g/mol. The summed E-state index contributed by atoms with van der Waals surface area (Å²) in [4.78, 5) is 4.30. The second-order valence-electron chi connectivity index (χ2n) is 3.67. The summed E-state index contributed by atoms with van der Waals surface area (Å²) in [5, 5.41) is 0. The predicted molar refractivity (Wildman–Crippen MR) is 60.5 cm³/mol. The van der Waals surface area contributed by atoms with Crippen LogP contribution in [0, 0.1) is 0 Å². The molecule has 0 fully saturated rings. The van der Waals surface area contributed by atoms with Crippen LogP contribution in [0.2, 0.25) is 0 Å². The van der Waals surface area contributed by atoms with Gasteiger partial charge in [-0.05, 0) is 20.3 Å². The van der Waals surface area contributed by atoms with Crippen LogP contribution < -0.4 is 5.73 Å². The van der Waals surface area contributed by atoms with Gasteiger partial charge in [0.05, 0.1) is 12.1 Å². The average molecular weight is 211 g/mol. The lowest BCUT2D eigenvalue weighted by Gasteiger charge is -2.20. The van der Waals surface area contributed by atoms with Crippen molar-refractivity contribution < 1.29 is 4.74 Å². The zero-order chi connectivity index (χ0) is 11.3. The summed E-state index contributed by atoms with van der Waals surface area (Å²) in [6.07, 6.45) is 4.85. The number of ether oxygens (including phenoxy) is 1. The van der Waals surface area contributed by atoms with Crippen molar-refractivity contribution in [2.45, 2.75) is 45.9 Å². The number of aryl methyl sites for hydroxylation is 1. The molecule has 86 valence electrons. The maximum Gasteiger partial charge on any atom is 0.128 e. The quantitative estimate of drug-likeness (QED) is 0.779. The second kappa shape index (κ2) is 5.88. The molecule has 2 N–H and O–H groups in total. The van der Waals surface area contributed by atoms with E-state index in [0.717, 1.165) is 18.8 Å². The molecule has 4 nitrogen and oxygen atoms in total. The average Bonchev–Trinajstić information content (AvgIpc) is 2.66. The van der Waals surface area contributed by atoms with Crippen molar-refractivity contribution in [3.8, 4) is 0 Å². The van der Waals surface area contributed by atoms with Gasteiger partial charge in [0, 0.05) is 25.5 Å². The van der Waals surface area contributed by atoms with E-state index in [1.807, 2.05) is 20.0 Å². The molecule has 0 aromatic carbocycles. The Bertz CT molecular complexity index is 285. The zero-order valence-corrected chi connectivity index (χ0v) is 9.81.